The fourth-order valence-corrected chi connectivity index (χ4v) is 3.29. The lowest BCUT2D eigenvalue weighted by molar-refractivity contribution is 0.0828. The summed E-state index contributed by atoms with van der Waals surface area (Å²) >= 11 is 0. The van der Waals surface area contributed by atoms with Gasteiger partial charge in [0.25, 0.3) is 5.91 Å². The molecule has 0 spiro atoms. The summed E-state index contributed by atoms with van der Waals surface area (Å²) in [5, 5.41) is 11.3. The van der Waals surface area contributed by atoms with Crippen LogP contribution in [-0.4, -0.2) is 54.3 Å². The molecular formula is C14H23N5O. The molecule has 0 saturated carbocycles. The maximum absolute atomic E-state index is 12.2. The molecule has 3 rings (SSSR count). The maximum atomic E-state index is 12.2. The molecule has 2 N–H and O–H groups in total. The van der Waals surface area contributed by atoms with Crippen molar-refractivity contribution < 1.29 is 4.79 Å². The molecule has 0 bridgehead atoms. The number of piperidine rings is 1. The standard InChI is InChI=1S/C14H23N5O/c1-18(2)14(20)11-9-17-19-12(5-7-16-13(11)19)10-4-3-6-15-8-10/h9-10,12,15-16H,3-8H2,1-2H3. The lowest BCUT2D eigenvalue weighted by atomic mass is 9.89. The zero-order valence-corrected chi connectivity index (χ0v) is 12.2. The zero-order valence-electron chi connectivity index (χ0n) is 12.2. The molecule has 6 nitrogen and oxygen atoms in total. The summed E-state index contributed by atoms with van der Waals surface area (Å²) in [6, 6.07) is 0.405. The molecule has 2 atom stereocenters. The number of amides is 1. The Morgan fingerprint density at radius 1 is 1.40 bits per heavy atom. The van der Waals surface area contributed by atoms with Crippen molar-refractivity contribution in [2.75, 3.05) is 39.0 Å². The number of carbonyl (C=O) groups excluding carboxylic acids is 1. The Bertz CT molecular complexity index is 490. The number of hydrogen-bond acceptors (Lipinski definition) is 4. The first-order chi connectivity index (χ1) is 9.68. The van der Waals surface area contributed by atoms with E-state index in [9.17, 15) is 4.79 Å². The van der Waals surface area contributed by atoms with Gasteiger partial charge in [-0.15, -0.1) is 0 Å². The van der Waals surface area contributed by atoms with Gasteiger partial charge in [0.2, 0.25) is 0 Å². The van der Waals surface area contributed by atoms with Gasteiger partial charge in [0.1, 0.15) is 11.4 Å². The summed E-state index contributed by atoms with van der Waals surface area (Å²) < 4.78 is 2.04. The van der Waals surface area contributed by atoms with Crippen molar-refractivity contribution in [1.29, 1.82) is 0 Å². The van der Waals surface area contributed by atoms with Crippen LogP contribution in [0.1, 0.15) is 35.7 Å². The minimum Gasteiger partial charge on any atom is -0.370 e. The molecule has 1 aromatic heterocycles. The second kappa shape index (κ2) is 5.44. The van der Waals surface area contributed by atoms with Gasteiger partial charge in [-0.1, -0.05) is 0 Å². The van der Waals surface area contributed by atoms with Gasteiger partial charge in [-0.25, -0.2) is 4.68 Å². The minimum atomic E-state index is 0.0150. The van der Waals surface area contributed by atoms with Crippen molar-refractivity contribution in [3.8, 4) is 0 Å². The lowest BCUT2D eigenvalue weighted by Crippen LogP contribution is -2.38. The second-order valence-electron chi connectivity index (χ2n) is 5.94. The molecule has 1 saturated heterocycles. The van der Waals surface area contributed by atoms with Crippen LogP contribution in [-0.2, 0) is 0 Å². The smallest absolute Gasteiger partial charge is 0.258 e. The van der Waals surface area contributed by atoms with E-state index in [-0.39, 0.29) is 5.91 Å². The molecule has 110 valence electrons. The van der Waals surface area contributed by atoms with Crippen molar-refractivity contribution in [2.24, 2.45) is 5.92 Å². The highest BCUT2D eigenvalue weighted by Gasteiger charge is 2.32. The van der Waals surface area contributed by atoms with Crippen LogP contribution in [0.5, 0.6) is 0 Å². The van der Waals surface area contributed by atoms with Crippen LogP contribution in [0.4, 0.5) is 5.82 Å². The zero-order chi connectivity index (χ0) is 14.1. The van der Waals surface area contributed by atoms with Crippen LogP contribution in [0.3, 0.4) is 0 Å². The van der Waals surface area contributed by atoms with E-state index in [2.05, 4.69) is 15.7 Å². The molecule has 3 heterocycles. The average molecular weight is 277 g/mol. The fourth-order valence-electron chi connectivity index (χ4n) is 3.29. The lowest BCUT2D eigenvalue weighted by Gasteiger charge is -2.35. The minimum absolute atomic E-state index is 0.0150. The summed E-state index contributed by atoms with van der Waals surface area (Å²) in [5.74, 6) is 1.53. The van der Waals surface area contributed by atoms with Crippen molar-refractivity contribution >= 4 is 11.7 Å². The van der Waals surface area contributed by atoms with Gasteiger partial charge in [-0.3, -0.25) is 4.79 Å². The maximum Gasteiger partial charge on any atom is 0.258 e. The Labute approximate surface area is 119 Å². The number of hydrogen-bond donors (Lipinski definition) is 2. The van der Waals surface area contributed by atoms with E-state index in [0.717, 1.165) is 31.9 Å². The van der Waals surface area contributed by atoms with E-state index in [1.165, 1.54) is 12.8 Å². The monoisotopic (exact) mass is 277 g/mol. The topological polar surface area (TPSA) is 62.2 Å². The third-order valence-electron chi connectivity index (χ3n) is 4.36. The van der Waals surface area contributed by atoms with Crippen molar-refractivity contribution in [2.45, 2.75) is 25.3 Å². The molecular weight excluding hydrogens is 254 g/mol. The molecule has 2 unspecified atom stereocenters. The summed E-state index contributed by atoms with van der Waals surface area (Å²) in [7, 11) is 3.55. The van der Waals surface area contributed by atoms with Crippen LogP contribution in [0, 0.1) is 5.92 Å². The highest BCUT2D eigenvalue weighted by atomic mass is 16.2. The third kappa shape index (κ3) is 2.28. The van der Waals surface area contributed by atoms with Crippen molar-refractivity contribution in [1.82, 2.24) is 20.0 Å². The summed E-state index contributed by atoms with van der Waals surface area (Å²) in [6.45, 7) is 3.10. The fraction of sp³-hybridized carbons (Fsp3) is 0.714. The van der Waals surface area contributed by atoms with Crippen LogP contribution < -0.4 is 10.6 Å². The third-order valence-corrected chi connectivity index (χ3v) is 4.36. The highest BCUT2D eigenvalue weighted by Crippen LogP contribution is 2.34. The molecule has 0 aromatic carbocycles. The summed E-state index contributed by atoms with van der Waals surface area (Å²) in [4.78, 5) is 13.8. The second-order valence-corrected chi connectivity index (χ2v) is 5.94. The van der Waals surface area contributed by atoms with E-state index in [0.29, 0.717) is 17.5 Å². The van der Waals surface area contributed by atoms with E-state index >= 15 is 0 Å². The molecule has 1 fully saturated rings. The predicted molar refractivity (Wildman–Crippen MR) is 78.0 cm³/mol. The molecule has 6 heteroatoms. The molecule has 2 aliphatic heterocycles. The van der Waals surface area contributed by atoms with Gasteiger partial charge in [0.15, 0.2) is 0 Å². The van der Waals surface area contributed by atoms with E-state index in [1.807, 2.05) is 4.68 Å². The van der Waals surface area contributed by atoms with E-state index < -0.39 is 0 Å². The Hall–Kier alpha value is -1.56. The van der Waals surface area contributed by atoms with Gasteiger partial charge in [0, 0.05) is 20.6 Å². The van der Waals surface area contributed by atoms with Gasteiger partial charge in [0.05, 0.1) is 12.2 Å². The normalized spacial score (nSPS) is 25.7. The number of fused-ring (bicyclic) bond motifs is 1. The van der Waals surface area contributed by atoms with E-state index in [4.69, 9.17) is 0 Å². The first kappa shape index (κ1) is 13.4. The molecule has 0 radical (unpaired) electrons. The van der Waals surface area contributed by atoms with Crippen LogP contribution in [0.15, 0.2) is 6.20 Å². The predicted octanol–water partition coefficient (Wildman–Crippen LogP) is 0.941. The van der Waals surface area contributed by atoms with Gasteiger partial charge in [-0.05, 0) is 38.3 Å². The number of aromatic nitrogens is 2. The van der Waals surface area contributed by atoms with Crippen molar-refractivity contribution in [3.63, 3.8) is 0 Å². The Morgan fingerprint density at radius 2 is 2.25 bits per heavy atom. The summed E-state index contributed by atoms with van der Waals surface area (Å²) in [6.07, 6.45) is 5.26. The largest absolute Gasteiger partial charge is 0.370 e. The molecule has 1 aromatic rings. The van der Waals surface area contributed by atoms with Crippen LogP contribution in [0.2, 0.25) is 0 Å². The summed E-state index contributed by atoms with van der Waals surface area (Å²) in [5.41, 5.74) is 0.684. The number of nitrogens with one attached hydrogen (secondary N) is 2. The van der Waals surface area contributed by atoms with E-state index in [1.54, 1.807) is 25.2 Å². The Morgan fingerprint density at radius 3 is 2.95 bits per heavy atom. The van der Waals surface area contributed by atoms with Gasteiger partial charge >= 0.3 is 0 Å². The average Bonchev–Trinajstić information content (AvgIpc) is 2.91. The number of rotatable bonds is 2. The Kier molecular flexibility index (Phi) is 3.65. The SMILES string of the molecule is CN(C)C(=O)c1cnn2c1NCCC2C1CCCNC1. The first-order valence-electron chi connectivity index (χ1n) is 7.42. The van der Waals surface area contributed by atoms with Gasteiger partial charge < -0.3 is 15.5 Å². The van der Waals surface area contributed by atoms with Gasteiger partial charge in [-0.2, -0.15) is 5.10 Å². The van der Waals surface area contributed by atoms with Crippen LogP contribution in [0.25, 0.3) is 0 Å². The Balaban J connectivity index is 1.88. The first-order valence-corrected chi connectivity index (χ1v) is 7.42. The van der Waals surface area contributed by atoms with Crippen LogP contribution >= 0.6 is 0 Å². The quantitative estimate of drug-likeness (QED) is 0.844. The molecule has 0 aliphatic carbocycles. The molecule has 1 amide bonds. The number of nitrogens with zero attached hydrogens (tertiary/aromatic N) is 3. The number of carbonyl (C=O) groups is 1. The highest BCUT2D eigenvalue weighted by molar-refractivity contribution is 5.98. The number of anilines is 1. The van der Waals surface area contributed by atoms with Crippen molar-refractivity contribution in [3.05, 3.63) is 11.8 Å². The molecule has 2 aliphatic rings. The molecule has 20 heavy (non-hydrogen) atoms.